The van der Waals surface area contributed by atoms with Crippen molar-refractivity contribution in [2.24, 2.45) is 0 Å². The zero-order chi connectivity index (χ0) is 24.2. The number of hydrogen-bond donors (Lipinski definition) is 2. The summed E-state index contributed by atoms with van der Waals surface area (Å²) >= 11 is 0. The molecule has 1 fully saturated rings. The van der Waals surface area contributed by atoms with Crippen molar-refractivity contribution in [1.82, 2.24) is 0 Å². The van der Waals surface area contributed by atoms with Gasteiger partial charge in [0.25, 0.3) is 0 Å². The molecule has 3 rings (SSSR count). The number of benzene rings is 2. The Morgan fingerprint density at radius 1 is 1.18 bits per heavy atom. The molecule has 0 aliphatic carbocycles. The molecule has 10 heteroatoms. The van der Waals surface area contributed by atoms with Crippen molar-refractivity contribution in [1.29, 1.82) is 0 Å². The first-order valence-corrected chi connectivity index (χ1v) is 10.3. The van der Waals surface area contributed by atoms with Gasteiger partial charge in [-0.1, -0.05) is 12.1 Å². The van der Waals surface area contributed by atoms with E-state index in [-0.39, 0.29) is 48.5 Å². The lowest BCUT2D eigenvalue weighted by Crippen LogP contribution is -2.41. The molecule has 1 aliphatic rings. The highest BCUT2D eigenvalue weighted by Crippen LogP contribution is 2.34. The van der Waals surface area contributed by atoms with Gasteiger partial charge in [-0.15, -0.1) is 13.2 Å². The van der Waals surface area contributed by atoms with E-state index in [1.54, 1.807) is 13.0 Å². The third-order valence-electron chi connectivity index (χ3n) is 5.15. The van der Waals surface area contributed by atoms with E-state index in [4.69, 9.17) is 9.47 Å². The van der Waals surface area contributed by atoms with Crippen LogP contribution in [0.15, 0.2) is 36.4 Å². The van der Waals surface area contributed by atoms with Crippen molar-refractivity contribution >= 4 is 5.78 Å². The molecule has 2 aromatic carbocycles. The predicted molar refractivity (Wildman–Crippen MR) is 109 cm³/mol. The summed E-state index contributed by atoms with van der Waals surface area (Å²) in [4.78, 5) is 12.9. The lowest BCUT2D eigenvalue weighted by atomic mass is 9.99. The van der Waals surface area contributed by atoms with Gasteiger partial charge < -0.3 is 24.4 Å². The van der Waals surface area contributed by atoms with E-state index in [1.165, 1.54) is 18.2 Å². The molecule has 2 N–H and O–H groups in total. The number of phenolic OH excluding ortho intramolecular Hbond substituents is 1. The zero-order valence-corrected chi connectivity index (χ0v) is 17.8. The maximum absolute atomic E-state index is 13.8. The molecule has 1 heterocycles. The number of aliphatic hydroxyl groups excluding tert-OH is 1. The zero-order valence-electron chi connectivity index (χ0n) is 17.8. The van der Waals surface area contributed by atoms with Crippen molar-refractivity contribution < 1.29 is 46.8 Å². The van der Waals surface area contributed by atoms with E-state index in [0.29, 0.717) is 11.1 Å². The summed E-state index contributed by atoms with van der Waals surface area (Å²) in [5, 5.41) is 19.6. The third-order valence-corrected chi connectivity index (χ3v) is 5.15. The number of Topliss-reactive ketones (excluding diaryl/α,β-unsaturated/α-hetero) is 1. The Morgan fingerprint density at radius 3 is 2.52 bits per heavy atom. The number of carbonyl (C=O) groups is 1. The average Bonchev–Trinajstić information content (AvgIpc) is 2.73. The molecule has 2 aromatic rings. The number of aryl methyl sites for hydroxylation is 2. The topological polar surface area (TPSA) is 85.2 Å². The first-order chi connectivity index (χ1) is 15.6. The fraction of sp³-hybridized carbons (Fsp3) is 0.435. The second kappa shape index (κ2) is 10.4. The molecule has 0 radical (unpaired) electrons. The Kier molecular flexibility index (Phi) is 7.80. The van der Waals surface area contributed by atoms with Crippen LogP contribution in [0.5, 0.6) is 17.2 Å². The van der Waals surface area contributed by atoms with Crippen molar-refractivity contribution in [2.75, 3.05) is 6.61 Å². The Balaban J connectivity index is 1.70. The molecule has 0 amide bonds. The van der Waals surface area contributed by atoms with E-state index < -0.39 is 37.3 Å². The molecule has 0 bridgehead atoms. The van der Waals surface area contributed by atoms with Gasteiger partial charge in [-0.25, -0.2) is 4.39 Å². The average molecular weight is 472 g/mol. The maximum atomic E-state index is 13.8. The van der Waals surface area contributed by atoms with Crippen molar-refractivity contribution in [3.8, 4) is 17.2 Å². The monoisotopic (exact) mass is 472 g/mol. The number of halogens is 4. The van der Waals surface area contributed by atoms with Gasteiger partial charge in [0.2, 0.25) is 0 Å². The van der Waals surface area contributed by atoms with Gasteiger partial charge in [0, 0.05) is 12.8 Å². The number of aliphatic hydroxyl groups is 1. The number of alkyl halides is 4. The van der Waals surface area contributed by atoms with Crippen LogP contribution in [0, 0.1) is 6.92 Å². The van der Waals surface area contributed by atoms with Crippen LogP contribution in [0.4, 0.5) is 17.6 Å². The molecule has 1 saturated heterocycles. The third kappa shape index (κ3) is 6.82. The highest BCUT2D eigenvalue weighted by atomic mass is 19.4. The largest absolute Gasteiger partial charge is 0.573 e. The molecule has 0 spiro atoms. The van der Waals surface area contributed by atoms with E-state index in [0.717, 1.165) is 12.1 Å². The van der Waals surface area contributed by atoms with E-state index in [9.17, 15) is 32.6 Å². The van der Waals surface area contributed by atoms with Crippen molar-refractivity contribution in [2.45, 2.75) is 57.5 Å². The van der Waals surface area contributed by atoms with Crippen LogP contribution < -0.4 is 9.47 Å². The molecule has 33 heavy (non-hydrogen) atoms. The van der Waals surface area contributed by atoms with Crippen LogP contribution in [0.25, 0.3) is 0 Å². The molecule has 0 saturated carbocycles. The molecule has 3 unspecified atom stereocenters. The lowest BCUT2D eigenvalue weighted by Gasteiger charge is -2.32. The summed E-state index contributed by atoms with van der Waals surface area (Å²) in [7, 11) is 0. The molecule has 6 nitrogen and oxygen atoms in total. The summed E-state index contributed by atoms with van der Waals surface area (Å²) in [6, 6.07) is 8.09. The second-order valence-corrected chi connectivity index (χ2v) is 7.77. The number of ether oxygens (including phenoxy) is 3. The quantitative estimate of drug-likeness (QED) is 0.431. The number of aromatic hydroxyl groups is 1. The fourth-order valence-corrected chi connectivity index (χ4v) is 3.56. The van der Waals surface area contributed by atoms with Gasteiger partial charge in [0.05, 0.1) is 6.61 Å². The van der Waals surface area contributed by atoms with Crippen molar-refractivity contribution in [3.05, 3.63) is 53.1 Å². The fourth-order valence-electron chi connectivity index (χ4n) is 3.56. The highest BCUT2D eigenvalue weighted by molar-refractivity contribution is 6.01. The van der Waals surface area contributed by atoms with E-state index in [2.05, 4.69) is 4.74 Å². The van der Waals surface area contributed by atoms with Gasteiger partial charge in [0.1, 0.15) is 35.1 Å². The first kappa shape index (κ1) is 24.8. The normalized spacial score (nSPS) is 21.0. The minimum absolute atomic E-state index is 0.0518. The summed E-state index contributed by atoms with van der Waals surface area (Å²) < 4.78 is 65.6. The SMILES string of the molecule is Cc1cc(O)c(C(=O)CCc2ccc(OC(F)(F)F)cc2)c(OC2CCC(F)C(CO)O2)c1. The smallest absolute Gasteiger partial charge is 0.507 e. The van der Waals surface area contributed by atoms with Gasteiger partial charge in [-0.3, -0.25) is 4.79 Å². The molecule has 1 aliphatic heterocycles. The Bertz CT molecular complexity index is 961. The van der Waals surface area contributed by atoms with Crippen LogP contribution in [0.2, 0.25) is 0 Å². The Hall–Kier alpha value is -2.85. The Labute approximate surface area is 187 Å². The first-order valence-electron chi connectivity index (χ1n) is 10.3. The van der Waals surface area contributed by atoms with E-state index in [1.807, 2.05) is 0 Å². The standard InChI is InChI=1S/C23H24F4O6/c1-13-10-18(30)22(19(11-13)31-21-9-7-16(24)20(12-28)32-21)17(29)8-4-14-2-5-15(6-3-14)33-23(25,26)27/h2-3,5-6,10-11,16,20-21,28,30H,4,7-9,12H2,1H3. The minimum atomic E-state index is -4.79. The van der Waals surface area contributed by atoms with Crippen LogP contribution in [0.1, 0.15) is 40.7 Å². The maximum Gasteiger partial charge on any atom is 0.573 e. The minimum Gasteiger partial charge on any atom is -0.507 e. The number of ketones is 1. The van der Waals surface area contributed by atoms with Gasteiger partial charge in [-0.2, -0.15) is 0 Å². The lowest BCUT2D eigenvalue weighted by molar-refractivity contribution is -0.274. The van der Waals surface area contributed by atoms with Crippen LogP contribution in [-0.4, -0.2) is 47.5 Å². The predicted octanol–water partition coefficient (Wildman–Crippen LogP) is 4.63. The number of hydrogen-bond acceptors (Lipinski definition) is 6. The number of phenols is 1. The molecule has 0 aromatic heterocycles. The van der Waals surface area contributed by atoms with Gasteiger partial charge in [0.15, 0.2) is 12.1 Å². The number of rotatable bonds is 8. The van der Waals surface area contributed by atoms with Gasteiger partial charge in [-0.05, 0) is 55.2 Å². The summed E-state index contributed by atoms with van der Waals surface area (Å²) in [6.07, 6.45) is -7.58. The van der Waals surface area contributed by atoms with Gasteiger partial charge >= 0.3 is 6.36 Å². The van der Waals surface area contributed by atoms with Crippen molar-refractivity contribution in [3.63, 3.8) is 0 Å². The van der Waals surface area contributed by atoms with Crippen LogP contribution >= 0.6 is 0 Å². The molecule has 180 valence electrons. The summed E-state index contributed by atoms with van der Waals surface area (Å²) in [5.74, 6) is -1.03. The van der Waals surface area contributed by atoms with E-state index >= 15 is 0 Å². The number of carbonyl (C=O) groups excluding carboxylic acids is 1. The summed E-state index contributed by atoms with van der Waals surface area (Å²) in [5.41, 5.74) is 1.16. The molecular formula is C23H24F4O6. The second-order valence-electron chi connectivity index (χ2n) is 7.77. The molecule has 3 atom stereocenters. The summed E-state index contributed by atoms with van der Waals surface area (Å²) in [6.45, 7) is 1.18. The highest BCUT2D eigenvalue weighted by Gasteiger charge is 2.33. The Morgan fingerprint density at radius 2 is 1.88 bits per heavy atom. The van der Waals surface area contributed by atoms with Crippen LogP contribution in [-0.2, 0) is 11.2 Å². The molecular weight excluding hydrogens is 448 g/mol. The van der Waals surface area contributed by atoms with Crippen LogP contribution in [0.3, 0.4) is 0 Å².